The van der Waals surface area contributed by atoms with Crippen LogP contribution in [0.4, 0.5) is 11.4 Å². The Morgan fingerprint density at radius 1 is 0.872 bits per heavy atom. The third-order valence-corrected chi connectivity index (χ3v) is 10.4. The summed E-state index contributed by atoms with van der Waals surface area (Å²) in [6.07, 6.45) is 1.68. The average molecular weight is 659 g/mol. The number of benzene rings is 3. The summed E-state index contributed by atoms with van der Waals surface area (Å²) in [6, 6.07) is 21.6. The van der Waals surface area contributed by atoms with Crippen LogP contribution in [0.15, 0.2) is 76.0 Å². The zero-order chi connectivity index (χ0) is 33.1. The first-order valence-electron chi connectivity index (χ1n) is 16.1. The number of nitrogens with zero attached hydrogens (tertiary/aromatic N) is 6. The lowest BCUT2D eigenvalue weighted by molar-refractivity contribution is -0.384. The van der Waals surface area contributed by atoms with Crippen LogP contribution >= 0.6 is 11.9 Å². The summed E-state index contributed by atoms with van der Waals surface area (Å²) in [5, 5.41) is 11.2. The van der Waals surface area contributed by atoms with Crippen LogP contribution in [0.25, 0.3) is 0 Å². The molecule has 3 fully saturated rings. The molecule has 1 amide bonds. The fraction of sp³-hybridized carbons (Fsp3) is 0.429. The lowest BCUT2D eigenvalue weighted by Gasteiger charge is -2.56. The highest BCUT2D eigenvalue weighted by molar-refractivity contribution is 7.98. The van der Waals surface area contributed by atoms with Crippen molar-refractivity contribution in [3.8, 4) is 11.5 Å². The number of likely N-dealkylation sites (N-methyl/N-ethyl adjacent to an activating group) is 1. The molecule has 6 rings (SSSR count). The summed E-state index contributed by atoms with van der Waals surface area (Å²) in [7, 11) is 5.48. The van der Waals surface area contributed by atoms with Gasteiger partial charge in [0, 0.05) is 93.0 Å². The maximum atomic E-state index is 12.2. The topological polar surface area (TPSA) is 104 Å². The van der Waals surface area contributed by atoms with Crippen molar-refractivity contribution >= 4 is 35.1 Å². The first kappa shape index (κ1) is 32.6. The van der Waals surface area contributed by atoms with Gasteiger partial charge in [0.25, 0.3) is 5.69 Å². The Bertz CT molecular complexity index is 1580. The fourth-order valence-corrected chi connectivity index (χ4v) is 7.53. The number of methoxy groups -OCH3 is 2. The van der Waals surface area contributed by atoms with Crippen LogP contribution in [-0.4, -0.2) is 97.9 Å². The second-order valence-corrected chi connectivity index (χ2v) is 13.2. The molecule has 0 saturated carbocycles. The SMILES string of the molecule is COc1cc(OC)cc(C2C(=NSc3ccc([N+](=O)[O-])cc3)N(C3CCN(C(C)=O)CC3)C2c2ccc(N3CCN(C)CC3)cc2)c1. The number of piperazine rings is 1. The van der Waals surface area contributed by atoms with E-state index in [1.807, 2.05) is 11.0 Å². The zero-order valence-corrected chi connectivity index (χ0v) is 28.2. The standard InChI is InChI=1S/C35H42N6O5S/c1-24(42)38-15-13-28(14-16-38)40-34(25-5-7-27(8-6-25)39-19-17-37(2)18-20-39)33(26-21-30(45-3)23-31(22-26)46-4)35(40)36-47-32-11-9-29(10-12-32)41(43)44/h5-12,21-23,28,33-34H,13-20H2,1-4H3. The van der Waals surface area contributed by atoms with Crippen LogP contribution in [0.1, 0.15) is 42.9 Å². The molecule has 12 heteroatoms. The van der Waals surface area contributed by atoms with Gasteiger partial charge in [-0.2, -0.15) is 4.40 Å². The smallest absolute Gasteiger partial charge is 0.269 e. The van der Waals surface area contributed by atoms with E-state index in [1.54, 1.807) is 33.3 Å². The fourth-order valence-electron chi connectivity index (χ4n) is 6.87. The number of carbonyl (C=O) groups excluding carboxylic acids is 1. The van der Waals surface area contributed by atoms with Gasteiger partial charge < -0.3 is 29.1 Å². The highest BCUT2D eigenvalue weighted by Crippen LogP contribution is 2.52. The molecule has 47 heavy (non-hydrogen) atoms. The predicted molar refractivity (Wildman–Crippen MR) is 185 cm³/mol. The number of anilines is 1. The minimum Gasteiger partial charge on any atom is -0.497 e. The quantitative estimate of drug-likeness (QED) is 0.165. The van der Waals surface area contributed by atoms with Gasteiger partial charge in [0.1, 0.15) is 17.3 Å². The second kappa shape index (κ2) is 14.2. The molecule has 2 atom stereocenters. The number of likely N-dealkylation sites (tertiary alicyclic amines) is 2. The van der Waals surface area contributed by atoms with Gasteiger partial charge in [-0.1, -0.05) is 12.1 Å². The number of ether oxygens (including phenoxy) is 2. The molecule has 0 radical (unpaired) electrons. The molecule has 2 unspecified atom stereocenters. The van der Waals surface area contributed by atoms with Crippen molar-refractivity contribution in [2.75, 3.05) is 65.4 Å². The number of non-ortho nitro benzene ring substituents is 1. The second-order valence-electron chi connectivity index (χ2n) is 12.4. The summed E-state index contributed by atoms with van der Waals surface area (Å²) in [4.78, 5) is 33.0. The predicted octanol–water partition coefficient (Wildman–Crippen LogP) is 5.62. The Hall–Kier alpha value is -4.29. The molecule has 3 aromatic carbocycles. The largest absolute Gasteiger partial charge is 0.497 e. The number of amidine groups is 1. The van der Waals surface area contributed by atoms with Gasteiger partial charge in [0.2, 0.25) is 5.91 Å². The van der Waals surface area contributed by atoms with Gasteiger partial charge in [0.15, 0.2) is 0 Å². The van der Waals surface area contributed by atoms with Crippen molar-refractivity contribution in [3.05, 3.63) is 88.0 Å². The number of piperidine rings is 1. The van der Waals surface area contributed by atoms with E-state index in [2.05, 4.69) is 58.1 Å². The monoisotopic (exact) mass is 658 g/mol. The first-order valence-corrected chi connectivity index (χ1v) is 16.8. The normalized spacial score (nSPS) is 21.4. The van der Waals surface area contributed by atoms with E-state index in [1.165, 1.54) is 35.3 Å². The van der Waals surface area contributed by atoms with Gasteiger partial charge in [-0.25, -0.2) is 0 Å². The lowest BCUT2D eigenvalue weighted by Crippen LogP contribution is -2.60. The molecule has 0 spiro atoms. The Balaban J connectivity index is 1.39. The van der Waals surface area contributed by atoms with E-state index in [4.69, 9.17) is 13.9 Å². The van der Waals surface area contributed by atoms with E-state index in [9.17, 15) is 14.9 Å². The van der Waals surface area contributed by atoms with E-state index < -0.39 is 4.92 Å². The van der Waals surface area contributed by atoms with Crippen LogP contribution in [-0.2, 0) is 4.79 Å². The third-order valence-electron chi connectivity index (χ3n) is 9.59. The van der Waals surface area contributed by atoms with Crippen LogP contribution < -0.4 is 14.4 Å². The molecule has 11 nitrogen and oxygen atoms in total. The van der Waals surface area contributed by atoms with E-state index in [0.29, 0.717) is 24.6 Å². The van der Waals surface area contributed by atoms with Crippen molar-refractivity contribution in [3.63, 3.8) is 0 Å². The van der Waals surface area contributed by atoms with E-state index in [0.717, 1.165) is 55.3 Å². The highest BCUT2D eigenvalue weighted by Gasteiger charge is 2.50. The van der Waals surface area contributed by atoms with Gasteiger partial charge in [-0.3, -0.25) is 14.9 Å². The average Bonchev–Trinajstić information content (AvgIpc) is 3.08. The number of amides is 1. The molecule has 3 saturated heterocycles. The van der Waals surface area contributed by atoms with Crippen LogP contribution in [0.3, 0.4) is 0 Å². The maximum Gasteiger partial charge on any atom is 0.269 e. The Labute approximate surface area is 280 Å². The van der Waals surface area contributed by atoms with E-state index >= 15 is 0 Å². The third kappa shape index (κ3) is 7.03. The highest BCUT2D eigenvalue weighted by atomic mass is 32.2. The van der Waals surface area contributed by atoms with Crippen molar-refractivity contribution in [2.45, 2.75) is 42.7 Å². The summed E-state index contributed by atoms with van der Waals surface area (Å²) >= 11 is 1.32. The Morgan fingerprint density at radius 3 is 2.04 bits per heavy atom. The summed E-state index contributed by atoms with van der Waals surface area (Å²) < 4.78 is 16.5. The minimum absolute atomic E-state index is 0.00144. The Kier molecular flexibility index (Phi) is 9.88. The minimum atomic E-state index is -0.396. The van der Waals surface area contributed by atoms with Gasteiger partial charge in [0.05, 0.1) is 31.1 Å². The molecule has 3 aliphatic heterocycles. The van der Waals surface area contributed by atoms with Gasteiger partial charge >= 0.3 is 0 Å². The molecule has 3 heterocycles. The molecule has 0 aliphatic carbocycles. The van der Waals surface area contributed by atoms with Crippen molar-refractivity contribution < 1.29 is 19.2 Å². The molecular formula is C35H42N6O5S. The molecular weight excluding hydrogens is 616 g/mol. The summed E-state index contributed by atoms with van der Waals surface area (Å²) in [6.45, 7) is 7.13. The number of nitro benzene ring substituents is 1. The molecule has 0 N–H and O–H groups in total. The van der Waals surface area contributed by atoms with Crippen molar-refractivity contribution in [1.82, 2.24) is 14.7 Å². The summed E-state index contributed by atoms with van der Waals surface area (Å²) in [5.74, 6) is 2.35. The van der Waals surface area contributed by atoms with Crippen LogP contribution in [0, 0.1) is 10.1 Å². The maximum absolute atomic E-state index is 12.2. The first-order chi connectivity index (χ1) is 22.7. The molecule has 248 valence electrons. The number of carbonyl (C=O) groups is 1. The van der Waals surface area contributed by atoms with Crippen LogP contribution in [0.5, 0.6) is 11.5 Å². The van der Waals surface area contributed by atoms with Gasteiger partial charge in [-0.15, -0.1) is 0 Å². The van der Waals surface area contributed by atoms with Crippen molar-refractivity contribution in [1.29, 1.82) is 0 Å². The molecule has 3 aliphatic rings. The molecule has 0 aromatic heterocycles. The summed E-state index contributed by atoms with van der Waals surface area (Å²) in [5.41, 5.74) is 3.51. The van der Waals surface area contributed by atoms with Crippen molar-refractivity contribution in [2.24, 2.45) is 4.40 Å². The number of nitro groups is 1. The van der Waals surface area contributed by atoms with Gasteiger partial charge in [-0.05, 0) is 67.4 Å². The van der Waals surface area contributed by atoms with E-state index in [-0.39, 0.29) is 29.6 Å². The lowest BCUT2D eigenvalue weighted by atomic mass is 9.75. The Morgan fingerprint density at radius 2 is 1.49 bits per heavy atom. The molecule has 0 bridgehead atoms. The number of rotatable bonds is 9. The molecule has 3 aromatic rings. The van der Waals surface area contributed by atoms with Crippen LogP contribution in [0.2, 0.25) is 0 Å². The number of hydrogen-bond donors (Lipinski definition) is 0. The zero-order valence-electron chi connectivity index (χ0n) is 27.4. The number of hydrogen-bond acceptors (Lipinski definition) is 9.